The Morgan fingerprint density at radius 2 is 2.23 bits per heavy atom. The molecule has 1 aliphatic carbocycles. The summed E-state index contributed by atoms with van der Waals surface area (Å²) in [5.74, 6) is 0.574. The van der Waals surface area contributed by atoms with E-state index in [2.05, 4.69) is 17.2 Å². The van der Waals surface area contributed by atoms with E-state index >= 15 is 0 Å². The number of nitrogens with one attached hydrogen (secondary N) is 1. The number of aromatic nitrogens is 1. The largest absolute Gasteiger partial charge is 0.379 e. The molecular formula is C16H25N3O2S. The van der Waals surface area contributed by atoms with E-state index in [0.29, 0.717) is 25.4 Å². The van der Waals surface area contributed by atoms with Crippen molar-refractivity contribution in [3.8, 4) is 0 Å². The van der Waals surface area contributed by atoms with Crippen molar-refractivity contribution >= 4 is 17.2 Å². The first-order valence-corrected chi connectivity index (χ1v) is 8.95. The van der Waals surface area contributed by atoms with Crippen LogP contribution < -0.4 is 5.32 Å². The number of carbonyl (C=O) groups is 1. The lowest BCUT2D eigenvalue weighted by Crippen LogP contribution is -2.58. The maximum absolute atomic E-state index is 12.5. The number of amides is 1. The third-order valence-corrected chi connectivity index (χ3v) is 5.72. The first-order chi connectivity index (χ1) is 10.5. The maximum atomic E-state index is 12.5. The second-order valence-electron chi connectivity index (χ2n) is 6.68. The van der Waals surface area contributed by atoms with Crippen molar-refractivity contribution in [3.63, 3.8) is 0 Å². The van der Waals surface area contributed by atoms with Gasteiger partial charge in [-0.25, -0.2) is 4.98 Å². The summed E-state index contributed by atoms with van der Waals surface area (Å²) in [6.07, 6.45) is 3.88. The van der Waals surface area contributed by atoms with Gasteiger partial charge in [0, 0.05) is 31.1 Å². The summed E-state index contributed by atoms with van der Waals surface area (Å²) < 4.78 is 0. The van der Waals surface area contributed by atoms with Crippen LogP contribution in [-0.4, -0.2) is 46.1 Å². The van der Waals surface area contributed by atoms with E-state index in [1.165, 1.54) is 17.7 Å². The molecule has 0 aromatic carbocycles. The van der Waals surface area contributed by atoms with Crippen LogP contribution in [0.25, 0.3) is 0 Å². The molecule has 1 amide bonds. The molecule has 122 valence electrons. The molecule has 0 spiro atoms. The van der Waals surface area contributed by atoms with E-state index in [1.807, 2.05) is 11.8 Å². The highest BCUT2D eigenvalue weighted by molar-refractivity contribution is 7.11. The van der Waals surface area contributed by atoms with Gasteiger partial charge in [-0.05, 0) is 45.4 Å². The molecule has 0 unspecified atom stereocenters. The van der Waals surface area contributed by atoms with Gasteiger partial charge in [0.1, 0.15) is 5.01 Å². The van der Waals surface area contributed by atoms with E-state index in [1.54, 1.807) is 11.3 Å². The first-order valence-electron chi connectivity index (χ1n) is 8.13. The summed E-state index contributed by atoms with van der Waals surface area (Å²) in [5, 5.41) is 14.9. The molecule has 0 radical (unpaired) electrons. The van der Waals surface area contributed by atoms with Gasteiger partial charge in [0.25, 0.3) is 5.91 Å². The lowest BCUT2D eigenvalue weighted by molar-refractivity contribution is -0.156. The third-order valence-electron chi connectivity index (χ3n) is 4.65. The monoisotopic (exact) mass is 323 g/mol. The van der Waals surface area contributed by atoms with Gasteiger partial charge in [-0.2, -0.15) is 0 Å². The molecule has 1 saturated heterocycles. The van der Waals surface area contributed by atoms with E-state index in [9.17, 15) is 9.90 Å². The van der Waals surface area contributed by atoms with E-state index < -0.39 is 5.60 Å². The molecule has 1 atom stereocenters. The SMILES string of the molecule is Cc1nc(CNC[C@@]2(O)CCCN(CC3CC3)C2=O)sc1C. The van der Waals surface area contributed by atoms with Crippen LogP contribution in [0.5, 0.6) is 0 Å². The minimum Gasteiger partial charge on any atom is -0.379 e. The van der Waals surface area contributed by atoms with Crippen LogP contribution in [0.3, 0.4) is 0 Å². The average Bonchev–Trinajstić information content (AvgIpc) is 3.22. The first kappa shape index (κ1) is 15.9. The van der Waals surface area contributed by atoms with Gasteiger partial charge in [-0.15, -0.1) is 11.3 Å². The fourth-order valence-electron chi connectivity index (χ4n) is 3.01. The quantitative estimate of drug-likeness (QED) is 0.835. The predicted molar refractivity (Wildman–Crippen MR) is 86.8 cm³/mol. The number of nitrogens with zero attached hydrogens (tertiary/aromatic N) is 2. The summed E-state index contributed by atoms with van der Waals surface area (Å²) in [7, 11) is 0. The molecular weight excluding hydrogens is 298 g/mol. The van der Waals surface area contributed by atoms with Crippen LogP contribution in [0.2, 0.25) is 0 Å². The third kappa shape index (κ3) is 3.50. The number of hydrogen-bond acceptors (Lipinski definition) is 5. The van der Waals surface area contributed by atoms with Crippen molar-refractivity contribution in [2.45, 2.75) is 51.7 Å². The van der Waals surface area contributed by atoms with Crippen molar-refractivity contribution in [2.75, 3.05) is 19.6 Å². The Morgan fingerprint density at radius 1 is 1.45 bits per heavy atom. The second kappa shape index (κ2) is 6.26. The number of thiazole rings is 1. The molecule has 6 heteroatoms. The van der Waals surface area contributed by atoms with E-state index in [-0.39, 0.29) is 5.91 Å². The lowest BCUT2D eigenvalue weighted by atomic mass is 9.91. The summed E-state index contributed by atoms with van der Waals surface area (Å²) in [4.78, 5) is 20.1. The van der Waals surface area contributed by atoms with Gasteiger partial charge in [-0.1, -0.05) is 0 Å². The number of likely N-dealkylation sites (tertiary alicyclic amines) is 1. The predicted octanol–water partition coefficient (Wildman–Crippen LogP) is 1.61. The van der Waals surface area contributed by atoms with Crippen molar-refractivity contribution in [1.29, 1.82) is 0 Å². The minimum absolute atomic E-state index is 0.0929. The van der Waals surface area contributed by atoms with Gasteiger partial charge in [0.2, 0.25) is 0 Å². The number of rotatable bonds is 6. The smallest absolute Gasteiger partial charge is 0.255 e. The Hall–Kier alpha value is -0.980. The number of aryl methyl sites for hydroxylation is 2. The van der Waals surface area contributed by atoms with Crippen LogP contribution in [-0.2, 0) is 11.3 Å². The van der Waals surface area contributed by atoms with Crippen LogP contribution >= 0.6 is 11.3 Å². The Bertz CT molecular complexity index is 536. The Balaban J connectivity index is 1.54. The molecule has 1 aromatic rings. The highest BCUT2D eigenvalue weighted by Crippen LogP contribution is 2.32. The van der Waals surface area contributed by atoms with Gasteiger partial charge in [-0.3, -0.25) is 4.79 Å². The zero-order chi connectivity index (χ0) is 15.7. The van der Waals surface area contributed by atoms with Crippen molar-refractivity contribution in [1.82, 2.24) is 15.2 Å². The second-order valence-corrected chi connectivity index (χ2v) is 7.97. The average molecular weight is 323 g/mol. The van der Waals surface area contributed by atoms with Crippen LogP contribution in [0.4, 0.5) is 0 Å². The van der Waals surface area contributed by atoms with Crippen molar-refractivity contribution < 1.29 is 9.90 Å². The molecule has 2 fully saturated rings. The summed E-state index contributed by atoms with van der Waals surface area (Å²) >= 11 is 1.67. The van der Waals surface area contributed by atoms with Crippen molar-refractivity contribution in [3.05, 3.63) is 15.6 Å². The van der Waals surface area contributed by atoms with Gasteiger partial charge >= 0.3 is 0 Å². The normalized spacial score (nSPS) is 25.8. The molecule has 2 heterocycles. The topological polar surface area (TPSA) is 65.5 Å². The lowest BCUT2D eigenvalue weighted by Gasteiger charge is -2.38. The molecule has 0 bridgehead atoms. The van der Waals surface area contributed by atoms with E-state index in [0.717, 1.165) is 30.2 Å². The van der Waals surface area contributed by atoms with Crippen LogP contribution in [0.15, 0.2) is 0 Å². The van der Waals surface area contributed by atoms with E-state index in [4.69, 9.17) is 0 Å². The van der Waals surface area contributed by atoms with Crippen molar-refractivity contribution in [2.24, 2.45) is 5.92 Å². The standard InChI is InChI=1S/C16H25N3O2S/c1-11-12(2)22-14(18-11)8-17-10-16(21)6-3-7-19(15(16)20)9-13-4-5-13/h13,17,21H,3-10H2,1-2H3/t16-/m0/s1. The molecule has 22 heavy (non-hydrogen) atoms. The fourth-order valence-corrected chi connectivity index (χ4v) is 3.91. The van der Waals surface area contributed by atoms with Gasteiger partial charge < -0.3 is 15.3 Å². The Labute approximate surface area is 135 Å². The molecule has 2 aliphatic rings. The molecule has 1 saturated carbocycles. The molecule has 2 N–H and O–H groups in total. The molecule has 3 rings (SSSR count). The number of hydrogen-bond donors (Lipinski definition) is 2. The zero-order valence-electron chi connectivity index (χ0n) is 13.4. The summed E-state index contributed by atoms with van der Waals surface area (Å²) in [5.41, 5.74) is -0.182. The molecule has 1 aliphatic heterocycles. The van der Waals surface area contributed by atoms with Crippen LogP contribution in [0, 0.1) is 19.8 Å². The Morgan fingerprint density at radius 3 is 2.86 bits per heavy atom. The zero-order valence-corrected chi connectivity index (χ0v) is 14.2. The molecule has 1 aromatic heterocycles. The summed E-state index contributed by atoms with van der Waals surface area (Å²) in [6.45, 7) is 6.60. The van der Waals surface area contributed by atoms with Gasteiger partial charge in [0.05, 0.1) is 5.69 Å². The number of aliphatic hydroxyl groups is 1. The Kier molecular flexibility index (Phi) is 4.52. The minimum atomic E-state index is -1.24. The summed E-state index contributed by atoms with van der Waals surface area (Å²) in [6, 6.07) is 0. The van der Waals surface area contributed by atoms with Gasteiger partial charge in [0.15, 0.2) is 5.60 Å². The number of piperidine rings is 1. The maximum Gasteiger partial charge on any atom is 0.255 e. The fraction of sp³-hybridized carbons (Fsp3) is 0.750. The molecule has 5 nitrogen and oxygen atoms in total. The highest BCUT2D eigenvalue weighted by Gasteiger charge is 2.43. The highest BCUT2D eigenvalue weighted by atomic mass is 32.1. The van der Waals surface area contributed by atoms with Crippen LogP contribution in [0.1, 0.15) is 41.3 Å². The number of carbonyl (C=O) groups excluding carboxylic acids is 1.